The third-order valence-corrected chi connectivity index (χ3v) is 3.48. The number of nitrogens with zero attached hydrogens (tertiary/aromatic N) is 2. The topological polar surface area (TPSA) is 65.7 Å². The Morgan fingerprint density at radius 1 is 1.00 bits per heavy atom. The third kappa shape index (κ3) is 3.06. The van der Waals surface area contributed by atoms with Gasteiger partial charge < -0.3 is 10.2 Å². The van der Waals surface area contributed by atoms with Crippen LogP contribution in [0.25, 0.3) is 10.9 Å². The monoisotopic (exact) mass is 292 g/mol. The Balaban J connectivity index is 1.70. The average molecular weight is 292 g/mol. The van der Waals surface area contributed by atoms with E-state index in [9.17, 15) is 10.2 Å². The highest BCUT2D eigenvalue weighted by Gasteiger charge is 2.00. The first kappa shape index (κ1) is 14.1. The summed E-state index contributed by atoms with van der Waals surface area (Å²) in [5.74, 6) is -0.197. The minimum atomic E-state index is -0.101. The van der Waals surface area contributed by atoms with Crippen LogP contribution in [0.5, 0.6) is 11.5 Å². The van der Waals surface area contributed by atoms with Gasteiger partial charge in [0.1, 0.15) is 0 Å². The number of aromatic hydroxyl groups is 2. The van der Waals surface area contributed by atoms with Crippen molar-refractivity contribution in [2.24, 2.45) is 4.99 Å². The van der Waals surface area contributed by atoms with E-state index in [1.807, 2.05) is 36.5 Å². The maximum Gasteiger partial charge on any atom is 0.157 e. The van der Waals surface area contributed by atoms with Crippen LogP contribution in [-0.4, -0.2) is 28.0 Å². The van der Waals surface area contributed by atoms with E-state index in [0.29, 0.717) is 13.0 Å². The van der Waals surface area contributed by atoms with Crippen molar-refractivity contribution in [3.63, 3.8) is 0 Å². The van der Waals surface area contributed by atoms with Crippen LogP contribution in [0.1, 0.15) is 11.1 Å². The Kier molecular flexibility index (Phi) is 4.01. The van der Waals surface area contributed by atoms with Crippen LogP contribution in [0.2, 0.25) is 0 Å². The first-order chi connectivity index (χ1) is 10.7. The van der Waals surface area contributed by atoms with Crippen LogP contribution >= 0.6 is 0 Å². The number of para-hydroxylation sites is 1. The molecular formula is C18H16N2O2. The molecule has 1 aromatic heterocycles. The maximum atomic E-state index is 9.46. The predicted octanol–water partition coefficient (Wildman–Crippen LogP) is 3.31. The van der Waals surface area contributed by atoms with Crippen molar-refractivity contribution in [2.75, 3.05) is 6.54 Å². The predicted molar refractivity (Wildman–Crippen MR) is 87.7 cm³/mol. The Hall–Kier alpha value is -2.88. The van der Waals surface area contributed by atoms with Gasteiger partial charge in [-0.3, -0.25) is 9.98 Å². The van der Waals surface area contributed by atoms with Gasteiger partial charge in [0.15, 0.2) is 11.5 Å². The molecule has 0 aliphatic carbocycles. The van der Waals surface area contributed by atoms with Crippen LogP contribution in [0.3, 0.4) is 0 Å². The molecule has 0 saturated carbocycles. The summed E-state index contributed by atoms with van der Waals surface area (Å²) in [6.07, 6.45) is 4.33. The first-order valence-electron chi connectivity index (χ1n) is 7.08. The summed E-state index contributed by atoms with van der Waals surface area (Å²) >= 11 is 0. The fraction of sp³-hybridized carbons (Fsp3) is 0.111. The number of phenols is 2. The number of aliphatic imine (C=N–C) groups is 1. The summed E-state index contributed by atoms with van der Waals surface area (Å²) in [6, 6.07) is 14.7. The van der Waals surface area contributed by atoms with E-state index < -0.39 is 0 Å². The van der Waals surface area contributed by atoms with E-state index in [4.69, 9.17) is 0 Å². The molecule has 22 heavy (non-hydrogen) atoms. The van der Waals surface area contributed by atoms with Crippen molar-refractivity contribution in [3.05, 3.63) is 65.9 Å². The fourth-order valence-corrected chi connectivity index (χ4v) is 2.31. The van der Waals surface area contributed by atoms with E-state index in [1.54, 1.807) is 18.3 Å². The summed E-state index contributed by atoms with van der Waals surface area (Å²) in [7, 11) is 0. The molecule has 1 heterocycles. The standard InChI is InChI=1S/C18H16N2O2/c21-17-6-5-13(11-18(17)22)7-9-19-12-14-8-10-20-16-4-2-1-3-15(14)16/h1-6,8,10-12,21-22H,7,9H2/b19-12-. The summed E-state index contributed by atoms with van der Waals surface area (Å²) in [5.41, 5.74) is 2.93. The number of rotatable bonds is 4. The zero-order valence-corrected chi connectivity index (χ0v) is 12.0. The molecule has 0 unspecified atom stereocenters. The molecule has 0 fully saturated rings. The molecule has 0 spiro atoms. The molecule has 0 bridgehead atoms. The van der Waals surface area contributed by atoms with Crippen molar-refractivity contribution in [1.29, 1.82) is 0 Å². The van der Waals surface area contributed by atoms with Gasteiger partial charge in [0, 0.05) is 29.9 Å². The van der Waals surface area contributed by atoms with Gasteiger partial charge in [0.2, 0.25) is 0 Å². The van der Waals surface area contributed by atoms with Crippen LogP contribution in [0, 0.1) is 0 Å². The summed E-state index contributed by atoms with van der Waals surface area (Å²) < 4.78 is 0. The molecule has 2 aromatic carbocycles. The second-order valence-corrected chi connectivity index (χ2v) is 5.03. The molecule has 110 valence electrons. The number of hydrogen-bond acceptors (Lipinski definition) is 4. The van der Waals surface area contributed by atoms with Crippen molar-refractivity contribution in [2.45, 2.75) is 6.42 Å². The molecule has 0 saturated heterocycles. The highest BCUT2D eigenvalue weighted by atomic mass is 16.3. The first-order valence-corrected chi connectivity index (χ1v) is 7.08. The smallest absolute Gasteiger partial charge is 0.157 e. The van der Waals surface area contributed by atoms with Gasteiger partial charge in [0.05, 0.1) is 5.52 Å². The van der Waals surface area contributed by atoms with Gasteiger partial charge in [-0.1, -0.05) is 24.3 Å². The van der Waals surface area contributed by atoms with Gasteiger partial charge in [-0.15, -0.1) is 0 Å². The molecular weight excluding hydrogens is 276 g/mol. The lowest BCUT2D eigenvalue weighted by Crippen LogP contribution is -1.92. The summed E-state index contributed by atoms with van der Waals surface area (Å²) in [4.78, 5) is 8.76. The highest BCUT2D eigenvalue weighted by Crippen LogP contribution is 2.25. The lowest BCUT2D eigenvalue weighted by Gasteiger charge is -2.02. The third-order valence-electron chi connectivity index (χ3n) is 3.48. The zero-order valence-electron chi connectivity index (χ0n) is 12.0. The van der Waals surface area contributed by atoms with Crippen LogP contribution < -0.4 is 0 Å². The SMILES string of the molecule is Oc1ccc(CC/N=C\c2ccnc3ccccc23)cc1O. The number of benzene rings is 2. The molecule has 0 aliphatic heterocycles. The number of hydrogen-bond donors (Lipinski definition) is 2. The van der Waals surface area contributed by atoms with Gasteiger partial charge in [-0.05, 0) is 36.2 Å². The minimum Gasteiger partial charge on any atom is -0.504 e. The number of fused-ring (bicyclic) bond motifs is 1. The van der Waals surface area contributed by atoms with E-state index in [2.05, 4.69) is 9.98 Å². The summed E-state index contributed by atoms with van der Waals surface area (Å²) in [5, 5.41) is 19.8. The normalized spacial score (nSPS) is 11.3. The van der Waals surface area contributed by atoms with E-state index >= 15 is 0 Å². The Labute approximate surface area is 128 Å². The van der Waals surface area contributed by atoms with E-state index in [0.717, 1.165) is 22.0 Å². The van der Waals surface area contributed by atoms with Gasteiger partial charge >= 0.3 is 0 Å². The Bertz CT molecular complexity index is 823. The lowest BCUT2D eigenvalue weighted by atomic mass is 10.1. The molecule has 0 radical (unpaired) electrons. The molecule has 0 amide bonds. The van der Waals surface area contributed by atoms with Crippen molar-refractivity contribution < 1.29 is 10.2 Å². The zero-order chi connectivity index (χ0) is 15.4. The largest absolute Gasteiger partial charge is 0.504 e. The molecule has 0 aliphatic rings. The minimum absolute atomic E-state index is 0.0957. The molecule has 4 nitrogen and oxygen atoms in total. The lowest BCUT2D eigenvalue weighted by molar-refractivity contribution is 0.403. The van der Waals surface area contributed by atoms with Crippen molar-refractivity contribution >= 4 is 17.1 Å². The van der Waals surface area contributed by atoms with Crippen molar-refractivity contribution in [3.8, 4) is 11.5 Å². The second kappa shape index (κ2) is 6.26. The number of pyridine rings is 1. The molecule has 4 heteroatoms. The molecule has 3 aromatic rings. The highest BCUT2D eigenvalue weighted by molar-refractivity contribution is 5.97. The average Bonchev–Trinajstić information content (AvgIpc) is 2.55. The van der Waals surface area contributed by atoms with Crippen LogP contribution in [-0.2, 0) is 6.42 Å². The Morgan fingerprint density at radius 3 is 2.73 bits per heavy atom. The molecule has 2 N–H and O–H groups in total. The van der Waals surface area contributed by atoms with Gasteiger partial charge in [-0.2, -0.15) is 0 Å². The van der Waals surface area contributed by atoms with E-state index in [-0.39, 0.29) is 11.5 Å². The van der Waals surface area contributed by atoms with Gasteiger partial charge in [-0.25, -0.2) is 0 Å². The van der Waals surface area contributed by atoms with Crippen LogP contribution in [0.15, 0.2) is 59.7 Å². The molecule has 3 rings (SSSR count). The quantitative estimate of drug-likeness (QED) is 0.572. The van der Waals surface area contributed by atoms with Crippen LogP contribution in [0.4, 0.5) is 0 Å². The van der Waals surface area contributed by atoms with Crippen molar-refractivity contribution in [1.82, 2.24) is 4.98 Å². The summed E-state index contributed by atoms with van der Waals surface area (Å²) in [6.45, 7) is 0.612. The second-order valence-electron chi connectivity index (χ2n) is 5.03. The van der Waals surface area contributed by atoms with Gasteiger partial charge in [0.25, 0.3) is 0 Å². The maximum absolute atomic E-state index is 9.46. The number of aromatic nitrogens is 1. The fourth-order valence-electron chi connectivity index (χ4n) is 2.31. The van der Waals surface area contributed by atoms with E-state index in [1.165, 1.54) is 6.07 Å². The number of phenolic OH excluding ortho intramolecular Hbond substituents is 2. The molecule has 0 atom stereocenters. The Morgan fingerprint density at radius 2 is 1.86 bits per heavy atom.